The van der Waals surface area contributed by atoms with Crippen LogP contribution in [-0.2, 0) is 9.59 Å². The minimum Gasteiger partial charge on any atom is -0.495 e. The summed E-state index contributed by atoms with van der Waals surface area (Å²) in [4.78, 5) is 24.6. The zero-order valence-corrected chi connectivity index (χ0v) is 14.1. The normalized spacial score (nSPS) is 16.1. The van der Waals surface area contributed by atoms with Crippen molar-refractivity contribution in [3.05, 3.63) is 52.5 Å². The highest BCUT2D eigenvalue weighted by Crippen LogP contribution is 2.35. The highest BCUT2D eigenvalue weighted by molar-refractivity contribution is 6.31. The van der Waals surface area contributed by atoms with E-state index in [0.29, 0.717) is 22.1 Å². The molecule has 5 nitrogen and oxygen atoms in total. The Morgan fingerprint density at radius 2 is 2.08 bits per heavy atom. The second-order valence-corrected chi connectivity index (χ2v) is 6.09. The maximum atomic E-state index is 12.8. The van der Waals surface area contributed by atoms with E-state index < -0.39 is 5.92 Å². The number of carbonyl (C=O) groups excluding carboxylic acids is 2. The predicted octanol–water partition coefficient (Wildman–Crippen LogP) is 3.72. The van der Waals surface area contributed by atoms with E-state index in [-0.39, 0.29) is 18.2 Å². The summed E-state index contributed by atoms with van der Waals surface area (Å²) in [5, 5.41) is 6.21. The SMILES string of the molecule is COc1cc(Cl)c(C)cc1NC(=O)C1CC(=O)Nc2ccccc21. The van der Waals surface area contributed by atoms with E-state index in [1.54, 1.807) is 18.2 Å². The van der Waals surface area contributed by atoms with Crippen LogP contribution in [0.5, 0.6) is 5.75 Å². The van der Waals surface area contributed by atoms with Crippen molar-refractivity contribution >= 4 is 34.8 Å². The van der Waals surface area contributed by atoms with Crippen LogP contribution >= 0.6 is 11.6 Å². The van der Waals surface area contributed by atoms with Gasteiger partial charge in [0.2, 0.25) is 11.8 Å². The van der Waals surface area contributed by atoms with Crippen LogP contribution in [0.15, 0.2) is 36.4 Å². The number of carbonyl (C=O) groups is 2. The number of hydrogen-bond acceptors (Lipinski definition) is 3. The molecule has 1 unspecified atom stereocenters. The second-order valence-electron chi connectivity index (χ2n) is 5.68. The monoisotopic (exact) mass is 344 g/mol. The van der Waals surface area contributed by atoms with Gasteiger partial charge in [-0.25, -0.2) is 0 Å². The van der Waals surface area contributed by atoms with Crippen molar-refractivity contribution < 1.29 is 14.3 Å². The first-order valence-corrected chi connectivity index (χ1v) is 7.91. The molecule has 0 aliphatic carbocycles. The molecule has 1 aliphatic heterocycles. The number of rotatable bonds is 3. The molecule has 24 heavy (non-hydrogen) atoms. The Hall–Kier alpha value is -2.53. The molecule has 2 amide bonds. The second kappa shape index (κ2) is 6.53. The predicted molar refractivity (Wildman–Crippen MR) is 93.8 cm³/mol. The van der Waals surface area contributed by atoms with Gasteiger partial charge in [0.05, 0.1) is 18.7 Å². The number of amides is 2. The Labute approximate surface area is 145 Å². The van der Waals surface area contributed by atoms with Crippen LogP contribution in [0.3, 0.4) is 0 Å². The van der Waals surface area contributed by atoms with Crippen LogP contribution in [0.4, 0.5) is 11.4 Å². The zero-order valence-electron chi connectivity index (χ0n) is 13.4. The molecule has 1 atom stereocenters. The zero-order chi connectivity index (χ0) is 17.3. The number of fused-ring (bicyclic) bond motifs is 1. The van der Waals surface area contributed by atoms with Gasteiger partial charge in [-0.2, -0.15) is 0 Å². The van der Waals surface area contributed by atoms with Crippen molar-refractivity contribution in [3.63, 3.8) is 0 Å². The third-order valence-corrected chi connectivity index (χ3v) is 4.46. The molecule has 2 N–H and O–H groups in total. The third-order valence-electron chi connectivity index (χ3n) is 4.05. The van der Waals surface area contributed by atoms with Crippen molar-refractivity contribution in [1.82, 2.24) is 0 Å². The fourth-order valence-electron chi connectivity index (χ4n) is 2.79. The number of aryl methyl sites for hydroxylation is 1. The molecule has 1 heterocycles. The lowest BCUT2D eigenvalue weighted by Crippen LogP contribution is -2.30. The van der Waals surface area contributed by atoms with Gasteiger partial charge in [-0.3, -0.25) is 9.59 Å². The molecule has 3 rings (SSSR count). The quantitative estimate of drug-likeness (QED) is 0.891. The lowest BCUT2D eigenvalue weighted by molar-refractivity contribution is -0.123. The number of halogens is 1. The van der Waals surface area contributed by atoms with E-state index in [0.717, 1.165) is 11.1 Å². The van der Waals surface area contributed by atoms with E-state index in [2.05, 4.69) is 10.6 Å². The van der Waals surface area contributed by atoms with Gasteiger partial charge in [-0.05, 0) is 30.2 Å². The maximum Gasteiger partial charge on any atom is 0.232 e. The van der Waals surface area contributed by atoms with Gasteiger partial charge < -0.3 is 15.4 Å². The van der Waals surface area contributed by atoms with Gasteiger partial charge in [-0.15, -0.1) is 0 Å². The molecule has 0 saturated heterocycles. The number of ether oxygens (including phenoxy) is 1. The molecule has 0 bridgehead atoms. The standard InChI is InChI=1S/C18H17ClN2O3/c1-10-7-15(16(24-2)9-13(10)19)21-18(23)12-8-17(22)20-14-6-4-3-5-11(12)14/h3-7,9,12H,8H2,1-2H3,(H,20,22)(H,21,23). The lowest BCUT2D eigenvalue weighted by Gasteiger charge is -2.25. The topological polar surface area (TPSA) is 67.4 Å². The number of nitrogens with one attached hydrogen (secondary N) is 2. The lowest BCUT2D eigenvalue weighted by atomic mass is 9.89. The van der Waals surface area contributed by atoms with E-state index in [4.69, 9.17) is 16.3 Å². The first-order valence-electron chi connectivity index (χ1n) is 7.53. The van der Waals surface area contributed by atoms with Crippen LogP contribution in [0.25, 0.3) is 0 Å². The molecular weight excluding hydrogens is 328 g/mol. The summed E-state index contributed by atoms with van der Waals surface area (Å²) in [6.45, 7) is 1.85. The summed E-state index contributed by atoms with van der Waals surface area (Å²) in [5.41, 5.74) is 2.84. The molecule has 0 radical (unpaired) electrons. The van der Waals surface area contributed by atoms with Gasteiger partial charge in [0.25, 0.3) is 0 Å². The van der Waals surface area contributed by atoms with E-state index in [1.165, 1.54) is 7.11 Å². The van der Waals surface area contributed by atoms with Crippen molar-refractivity contribution in [2.75, 3.05) is 17.7 Å². The average Bonchev–Trinajstić information content (AvgIpc) is 2.57. The van der Waals surface area contributed by atoms with Crippen molar-refractivity contribution in [2.45, 2.75) is 19.3 Å². The summed E-state index contributed by atoms with van der Waals surface area (Å²) in [6.07, 6.45) is 0.109. The van der Waals surface area contributed by atoms with Crippen LogP contribution in [0, 0.1) is 6.92 Å². The molecular formula is C18H17ClN2O3. The van der Waals surface area contributed by atoms with Gasteiger partial charge in [0, 0.05) is 23.2 Å². The Morgan fingerprint density at radius 3 is 2.83 bits per heavy atom. The molecule has 0 saturated carbocycles. The van der Waals surface area contributed by atoms with Crippen molar-refractivity contribution in [2.24, 2.45) is 0 Å². The number of methoxy groups -OCH3 is 1. The number of hydrogen-bond donors (Lipinski definition) is 2. The van der Waals surface area contributed by atoms with Crippen LogP contribution < -0.4 is 15.4 Å². The molecule has 0 fully saturated rings. The summed E-state index contributed by atoms with van der Waals surface area (Å²) in [7, 11) is 1.51. The fraction of sp³-hybridized carbons (Fsp3) is 0.222. The minimum absolute atomic E-state index is 0.109. The van der Waals surface area contributed by atoms with Gasteiger partial charge in [-0.1, -0.05) is 29.8 Å². The Kier molecular flexibility index (Phi) is 4.44. The molecule has 124 valence electrons. The Bertz CT molecular complexity index is 820. The summed E-state index contributed by atoms with van der Waals surface area (Å²) in [5.74, 6) is -0.492. The van der Waals surface area contributed by atoms with Crippen LogP contribution in [0.2, 0.25) is 5.02 Å². The molecule has 2 aromatic carbocycles. The van der Waals surface area contributed by atoms with Gasteiger partial charge in [0.1, 0.15) is 5.75 Å². The molecule has 0 aromatic heterocycles. The molecule has 2 aromatic rings. The highest BCUT2D eigenvalue weighted by atomic mass is 35.5. The largest absolute Gasteiger partial charge is 0.495 e. The summed E-state index contributed by atoms with van der Waals surface area (Å²) >= 11 is 6.09. The number of para-hydroxylation sites is 1. The smallest absolute Gasteiger partial charge is 0.232 e. The Morgan fingerprint density at radius 1 is 1.33 bits per heavy atom. The maximum absolute atomic E-state index is 12.8. The van der Waals surface area contributed by atoms with Gasteiger partial charge >= 0.3 is 0 Å². The van der Waals surface area contributed by atoms with Crippen LogP contribution in [0.1, 0.15) is 23.5 Å². The number of benzene rings is 2. The van der Waals surface area contributed by atoms with Crippen molar-refractivity contribution in [3.8, 4) is 5.75 Å². The third kappa shape index (κ3) is 3.08. The van der Waals surface area contributed by atoms with Gasteiger partial charge in [0.15, 0.2) is 0 Å². The first-order chi connectivity index (χ1) is 11.5. The molecule has 6 heteroatoms. The van der Waals surface area contributed by atoms with E-state index >= 15 is 0 Å². The summed E-state index contributed by atoms with van der Waals surface area (Å²) in [6, 6.07) is 10.7. The van der Waals surface area contributed by atoms with E-state index in [1.807, 2.05) is 25.1 Å². The van der Waals surface area contributed by atoms with E-state index in [9.17, 15) is 9.59 Å². The van der Waals surface area contributed by atoms with Crippen molar-refractivity contribution in [1.29, 1.82) is 0 Å². The number of anilines is 2. The highest BCUT2D eigenvalue weighted by Gasteiger charge is 2.30. The average molecular weight is 345 g/mol. The summed E-state index contributed by atoms with van der Waals surface area (Å²) < 4.78 is 5.28. The Balaban J connectivity index is 1.91. The molecule has 1 aliphatic rings. The van der Waals surface area contributed by atoms with Crippen LogP contribution in [-0.4, -0.2) is 18.9 Å². The first kappa shape index (κ1) is 16.3. The fourth-order valence-corrected chi connectivity index (χ4v) is 2.95. The molecule has 0 spiro atoms. The minimum atomic E-state index is -0.546.